The van der Waals surface area contributed by atoms with Crippen molar-refractivity contribution in [1.82, 2.24) is 0 Å². The van der Waals surface area contributed by atoms with Crippen LogP contribution in [-0.2, 0) is 9.59 Å². The summed E-state index contributed by atoms with van der Waals surface area (Å²) in [5.74, 6) is -0.429. The maximum atomic E-state index is 10.9. The van der Waals surface area contributed by atoms with Crippen molar-refractivity contribution in [3.63, 3.8) is 0 Å². The summed E-state index contributed by atoms with van der Waals surface area (Å²) >= 11 is 1.15. The number of ketones is 1. The molecule has 0 aromatic heterocycles. The molecule has 4 heteroatoms. The highest BCUT2D eigenvalue weighted by atomic mass is 32.2. The molecule has 0 aromatic carbocycles. The minimum absolute atomic E-state index is 0.0105. The summed E-state index contributed by atoms with van der Waals surface area (Å²) in [5, 5.41) is 8.23. The summed E-state index contributed by atoms with van der Waals surface area (Å²) in [4.78, 5) is 20.9. The summed E-state index contributed by atoms with van der Waals surface area (Å²) in [6.45, 7) is 3.62. The number of Topliss-reactive ketones (excluding diaryl/α,β-unsaturated/α-hetero) is 1. The minimum Gasteiger partial charge on any atom is -0.481 e. The van der Waals surface area contributed by atoms with Gasteiger partial charge in [0.1, 0.15) is 5.78 Å². The maximum Gasteiger partial charge on any atom is 0.313 e. The van der Waals surface area contributed by atoms with Crippen LogP contribution in [0.4, 0.5) is 0 Å². The molecule has 1 N–H and O–H groups in total. The van der Waals surface area contributed by atoms with E-state index >= 15 is 0 Å². The first-order valence-electron chi connectivity index (χ1n) is 3.36. The van der Waals surface area contributed by atoms with Gasteiger partial charge in [-0.05, 0) is 0 Å². The van der Waals surface area contributed by atoms with Gasteiger partial charge in [0.15, 0.2) is 0 Å². The van der Waals surface area contributed by atoms with Gasteiger partial charge in [-0.3, -0.25) is 9.59 Å². The zero-order valence-corrected chi connectivity index (χ0v) is 7.48. The van der Waals surface area contributed by atoms with Gasteiger partial charge in [0.2, 0.25) is 0 Å². The van der Waals surface area contributed by atoms with Crippen molar-refractivity contribution in [2.75, 3.05) is 11.5 Å². The van der Waals surface area contributed by atoms with Crippen molar-refractivity contribution < 1.29 is 14.7 Å². The first kappa shape index (κ1) is 10.5. The third kappa shape index (κ3) is 5.91. The smallest absolute Gasteiger partial charge is 0.313 e. The Kier molecular flexibility index (Phi) is 4.94. The molecule has 0 saturated heterocycles. The highest BCUT2D eigenvalue weighted by Crippen LogP contribution is 2.04. The van der Waals surface area contributed by atoms with Crippen molar-refractivity contribution in [3.8, 4) is 0 Å². The van der Waals surface area contributed by atoms with Gasteiger partial charge in [0, 0.05) is 5.92 Å². The Morgan fingerprint density at radius 2 is 1.91 bits per heavy atom. The summed E-state index contributed by atoms with van der Waals surface area (Å²) in [6.07, 6.45) is 0. The second-order valence-electron chi connectivity index (χ2n) is 2.51. The SMILES string of the molecule is CC(C)C(=O)CSCC(=O)O. The van der Waals surface area contributed by atoms with Crippen LogP contribution in [0.5, 0.6) is 0 Å². The number of carboxylic acid groups (broad SMARTS) is 1. The molecule has 0 aliphatic rings. The number of aliphatic carboxylic acids is 1. The molecular weight excluding hydrogens is 164 g/mol. The van der Waals surface area contributed by atoms with E-state index in [9.17, 15) is 9.59 Å². The molecule has 0 amide bonds. The van der Waals surface area contributed by atoms with Crippen LogP contribution in [0.2, 0.25) is 0 Å². The third-order valence-corrected chi connectivity index (χ3v) is 2.05. The van der Waals surface area contributed by atoms with Crippen molar-refractivity contribution in [1.29, 1.82) is 0 Å². The first-order valence-corrected chi connectivity index (χ1v) is 4.51. The van der Waals surface area contributed by atoms with E-state index in [1.54, 1.807) is 0 Å². The maximum absolute atomic E-state index is 10.9. The number of carbonyl (C=O) groups excluding carboxylic acids is 1. The molecule has 0 rings (SSSR count). The van der Waals surface area contributed by atoms with Crippen LogP contribution in [-0.4, -0.2) is 28.4 Å². The predicted molar refractivity (Wildman–Crippen MR) is 44.8 cm³/mol. The Hall–Kier alpha value is -0.510. The number of hydrogen-bond donors (Lipinski definition) is 1. The minimum atomic E-state index is -0.869. The topological polar surface area (TPSA) is 54.4 Å². The summed E-state index contributed by atoms with van der Waals surface area (Å²) < 4.78 is 0. The molecule has 0 aromatic rings. The monoisotopic (exact) mass is 176 g/mol. The number of carboxylic acids is 1. The molecular formula is C7H12O3S. The molecule has 0 heterocycles. The molecule has 0 radical (unpaired) electrons. The van der Waals surface area contributed by atoms with Crippen molar-refractivity contribution in [2.24, 2.45) is 5.92 Å². The van der Waals surface area contributed by atoms with E-state index in [4.69, 9.17) is 5.11 Å². The third-order valence-electron chi connectivity index (χ3n) is 1.11. The zero-order chi connectivity index (χ0) is 8.85. The van der Waals surface area contributed by atoms with E-state index in [0.29, 0.717) is 5.75 Å². The van der Waals surface area contributed by atoms with E-state index in [2.05, 4.69) is 0 Å². The zero-order valence-electron chi connectivity index (χ0n) is 6.66. The predicted octanol–water partition coefficient (Wildman–Crippen LogP) is 1.03. The number of rotatable bonds is 5. The molecule has 11 heavy (non-hydrogen) atoms. The largest absolute Gasteiger partial charge is 0.481 e. The average molecular weight is 176 g/mol. The Balaban J connectivity index is 3.39. The fraction of sp³-hybridized carbons (Fsp3) is 0.714. The van der Waals surface area contributed by atoms with E-state index < -0.39 is 5.97 Å². The van der Waals surface area contributed by atoms with Gasteiger partial charge in [-0.1, -0.05) is 13.8 Å². The van der Waals surface area contributed by atoms with E-state index in [1.165, 1.54) is 0 Å². The molecule has 0 spiro atoms. The fourth-order valence-electron chi connectivity index (χ4n) is 0.406. The lowest BCUT2D eigenvalue weighted by atomic mass is 10.1. The summed E-state index contributed by atoms with van der Waals surface area (Å²) in [6, 6.07) is 0. The average Bonchev–Trinajstić information content (AvgIpc) is 1.86. The van der Waals surface area contributed by atoms with E-state index in [0.717, 1.165) is 11.8 Å². The van der Waals surface area contributed by atoms with Crippen molar-refractivity contribution in [3.05, 3.63) is 0 Å². The molecule has 0 atom stereocenters. The lowest BCUT2D eigenvalue weighted by Gasteiger charge is -2.00. The Bertz CT molecular complexity index is 154. The Morgan fingerprint density at radius 1 is 1.36 bits per heavy atom. The van der Waals surface area contributed by atoms with Gasteiger partial charge >= 0.3 is 5.97 Å². The molecule has 0 fully saturated rings. The Morgan fingerprint density at radius 3 is 2.27 bits per heavy atom. The lowest BCUT2D eigenvalue weighted by molar-refractivity contribution is -0.133. The van der Waals surface area contributed by atoms with Crippen LogP contribution in [0.1, 0.15) is 13.8 Å². The quantitative estimate of drug-likeness (QED) is 0.679. The second-order valence-corrected chi connectivity index (χ2v) is 3.49. The van der Waals surface area contributed by atoms with Gasteiger partial charge in [-0.15, -0.1) is 11.8 Å². The van der Waals surface area contributed by atoms with E-state index in [1.807, 2.05) is 13.8 Å². The van der Waals surface area contributed by atoms with Crippen LogP contribution < -0.4 is 0 Å². The van der Waals surface area contributed by atoms with Crippen LogP contribution in [0.15, 0.2) is 0 Å². The molecule has 0 unspecified atom stereocenters. The normalized spacial score (nSPS) is 10.1. The highest BCUT2D eigenvalue weighted by Gasteiger charge is 2.07. The van der Waals surface area contributed by atoms with Crippen molar-refractivity contribution in [2.45, 2.75) is 13.8 Å². The van der Waals surface area contributed by atoms with Crippen LogP contribution in [0.3, 0.4) is 0 Å². The molecule has 3 nitrogen and oxygen atoms in total. The molecule has 64 valence electrons. The van der Waals surface area contributed by atoms with Gasteiger partial charge in [0.25, 0.3) is 0 Å². The van der Waals surface area contributed by atoms with Gasteiger partial charge in [-0.2, -0.15) is 0 Å². The number of thioether (sulfide) groups is 1. The van der Waals surface area contributed by atoms with Crippen LogP contribution >= 0.6 is 11.8 Å². The molecule has 0 aliphatic carbocycles. The first-order chi connectivity index (χ1) is 5.04. The van der Waals surface area contributed by atoms with Crippen LogP contribution in [0.25, 0.3) is 0 Å². The van der Waals surface area contributed by atoms with Gasteiger partial charge < -0.3 is 5.11 Å². The van der Waals surface area contributed by atoms with Gasteiger partial charge in [-0.25, -0.2) is 0 Å². The summed E-state index contributed by atoms with van der Waals surface area (Å²) in [5.41, 5.74) is 0. The highest BCUT2D eigenvalue weighted by molar-refractivity contribution is 8.00. The van der Waals surface area contributed by atoms with Crippen molar-refractivity contribution >= 4 is 23.5 Å². The number of hydrogen-bond acceptors (Lipinski definition) is 3. The van der Waals surface area contributed by atoms with Gasteiger partial charge in [0.05, 0.1) is 11.5 Å². The molecule has 0 aliphatic heterocycles. The molecule has 0 saturated carbocycles. The van der Waals surface area contributed by atoms with E-state index in [-0.39, 0.29) is 17.5 Å². The fourth-order valence-corrected chi connectivity index (χ4v) is 1.22. The Labute approximate surface area is 70.2 Å². The second kappa shape index (κ2) is 5.18. The lowest BCUT2D eigenvalue weighted by Crippen LogP contribution is -2.11. The number of carbonyl (C=O) groups is 2. The molecule has 0 bridgehead atoms. The van der Waals surface area contributed by atoms with Crippen LogP contribution in [0, 0.1) is 5.92 Å². The standard InChI is InChI=1S/C7H12O3S/c1-5(2)6(8)3-11-4-7(9)10/h5H,3-4H2,1-2H3,(H,9,10). The summed E-state index contributed by atoms with van der Waals surface area (Å²) in [7, 11) is 0.